The first-order valence-corrected chi connectivity index (χ1v) is 13.1. The number of benzene rings is 2. The number of carbonyl (C=O) groups is 3. The number of anilines is 3. The van der Waals surface area contributed by atoms with Crippen molar-refractivity contribution in [2.45, 2.75) is 32.6 Å². The van der Waals surface area contributed by atoms with E-state index in [9.17, 15) is 14.4 Å². The van der Waals surface area contributed by atoms with Gasteiger partial charge in [0.2, 0.25) is 17.7 Å². The number of H-pyrrole nitrogens is 1. The fourth-order valence-corrected chi connectivity index (χ4v) is 6.15. The lowest BCUT2D eigenvalue weighted by Gasteiger charge is -2.33. The summed E-state index contributed by atoms with van der Waals surface area (Å²) in [6.45, 7) is 5.43. The maximum atomic E-state index is 14.5. The van der Waals surface area contributed by atoms with Crippen molar-refractivity contribution in [2.75, 3.05) is 22.1 Å². The van der Waals surface area contributed by atoms with Crippen LogP contribution in [-0.4, -0.2) is 54.0 Å². The zero-order chi connectivity index (χ0) is 28.5. The Labute approximate surface area is 233 Å². The molecular formula is C29H25N9O3. The zero-order valence-corrected chi connectivity index (χ0v) is 22.5. The largest absolute Gasteiger partial charge is 0.340 e. The molecule has 5 aromatic rings. The van der Waals surface area contributed by atoms with Gasteiger partial charge in [-0.2, -0.15) is 9.78 Å². The molecule has 0 bridgehead atoms. The molecule has 1 atom stereocenters. The molecule has 2 aromatic carbocycles. The van der Waals surface area contributed by atoms with Crippen LogP contribution in [0.3, 0.4) is 0 Å². The molecule has 41 heavy (non-hydrogen) atoms. The lowest BCUT2D eigenvalue weighted by molar-refractivity contribution is -0.127. The van der Waals surface area contributed by atoms with Gasteiger partial charge in [-0.3, -0.25) is 14.4 Å². The van der Waals surface area contributed by atoms with E-state index in [4.69, 9.17) is 5.10 Å². The highest BCUT2D eigenvalue weighted by Crippen LogP contribution is 2.53. The minimum absolute atomic E-state index is 0.124. The molecule has 3 amide bonds. The number of hydrogen-bond acceptors (Lipinski definition) is 7. The van der Waals surface area contributed by atoms with Gasteiger partial charge in [0.05, 0.1) is 12.0 Å². The number of rotatable bonds is 4. The molecule has 0 fully saturated rings. The fraction of sp³-hybridized carbons (Fsp3) is 0.207. The maximum Gasteiger partial charge on any atom is 0.244 e. The average molecular weight is 548 g/mol. The van der Waals surface area contributed by atoms with Crippen molar-refractivity contribution >= 4 is 46.1 Å². The lowest BCUT2D eigenvalue weighted by atomic mass is 9.70. The third-order valence-electron chi connectivity index (χ3n) is 7.89. The van der Waals surface area contributed by atoms with Crippen molar-refractivity contribution in [3.05, 3.63) is 83.1 Å². The summed E-state index contributed by atoms with van der Waals surface area (Å²) in [6.07, 6.45) is 2.75. The van der Waals surface area contributed by atoms with E-state index in [0.29, 0.717) is 45.3 Å². The van der Waals surface area contributed by atoms with Crippen molar-refractivity contribution < 1.29 is 14.4 Å². The van der Waals surface area contributed by atoms with E-state index < -0.39 is 5.41 Å². The van der Waals surface area contributed by atoms with Crippen molar-refractivity contribution in [2.24, 2.45) is 0 Å². The molecular weight excluding hydrogens is 522 g/mol. The van der Waals surface area contributed by atoms with Gasteiger partial charge in [0.25, 0.3) is 0 Å². The van der Waals surface area contributed by atoms with Gasteiger partial charge >= 0.3 is 0 Å². The van der Waals surface area contributed by atoms with E-state index in [2.05, 4.69) is 30.6 Å². The fourth-order valence-electron chi connectivity index (χ4n) is 6.15. The molecule has 204 valence electrons. The number of hydrogen-bond donors (Lipinski definition) is 3. The second kappa shape index (κ2) is 8.81. The summed E-state index contributed by atoms with van der Waals surface area (Å²) in [5, 5.41) is 10.6. The normalized spacial score (nSPS) is 17.6. The standard InChI is InChI=1S/C29H25N9O3/c1-15-7-6-8-16(2)23(15)34-21(40)12-37-19-10-5-4-9-18(19)29(28(37)41)11-20(39)35-26-22(29)17(3)36-38(26)27-24-25(31-13-30-24)32-14-33-27/h4-10,13-14H,11-12H2,1-3H3,(H,34,40)(H,35,39)(H,30,31,32,33)/t29-/m0/s1. The van der Waals surface area contributed by atoms with Gasteiger partial charge in [-0.15, -0.1) is 0 Å². The quantitative estimate of drug-likeness (QED) is 0.313. The molecule has 2 aliphatic rings. The Morgan fingerprint density at radius 2 is 1.80 bits per heavy atom. The van der Waals surface area contributed by atoms with Crippen LogP contribution in [0.5, 0.6) is 0 Å². The van der Waals surface area contributed by atoms with Crippen LogP contribution >= 0.6 is 0 Å². The molecule has 0 radical (unpaired) electrons. The molecule has 5 heterocycles. The second-order valence-electron chi connectivity index (χ2n) is 10.4. The van der Waals surface area contributed by atoms with Crippen LogP contribution in [0.25, 0.3) is 17.0 Å². The molecule has 12 heteroatoms. The van der Waals surface area contributed by atoms with E-state index in [-0.39, 0.29) is 30.7 Å². The summed E-state index contributed by atoms with van der Waals surface area (Å²) in [4.78, 5) is 58.5. The molecule has 7 rings (SSSR count). The van der Waals surface area contributed by atoms with Gasteiger partial charge in [0.15, 0.2) is 11.5 Å². The van der Waals surface area contributed by atoms with Gasteiger partial charge in [-0.25, -0.2) is 15.0 Å². The van der Waals surface area contributed by atoms with Crippen molar-refractivity contribution in [1.82, 2.24) is 29.7 Å². The molecule has 0 aliphatic carbocycles. The smallest absolute Gasteiger partial charge is 0.244 e. The predicted octanol–water partition coefficient (Wildman–Crippen LogP) is 3.08. The van der Waals surface area contributed by atoms with Gasteiger partial charge in [0.1, 0.15) is 29.6 Å². The second-order valence-corrected chi connectivity index (χ2v) is 10.4. The van der Waals surface area contributed by atoms with Gasteiger partial charge in [-0.1, -0.05) is 36.4 Å². The van der Waals surface area contributed by atoms with E-state index in [0.717, 1.165) is 16.8 Å². The van der Waals surface area contributed by atoms with E-state index in [1.54, 1.807) is 13.0 Å². The molecule has 12 nitrogen and oxygen atoms in total. The minimum atomic E-state index is -1.37. The number of nitrogens with zero attached hydrogens (tertiary/aromatic N) is 6. The summed E-state index contributed by atoms with van der Waals surface area (Å²) in [5.41, 5.74) is 4.54. The Hall–Kier alpha value is -5.39. The number of fused-ring (bicyclic) bond motifs is 5. The number of aromatic nitrogens is 6. The molecule has 2 aliphatic heterocycles. The van der Waals surface area contributed by atoms with E-state index in [1.807, 2.05) is 50.2 Å². The Balaban J connectivity index is 1.35. The zero-order valence-electron chi connectivity index (χ0n) is 22.5. The molecule has 1 spiro atoms. The first-order chi connectivity index (χ1) is 19.8. The number of aryl methyl sites for hydroxylation is 3. The SMILES string of the molecule is Cc1cccc(C)c1NC(=O)CN1C(=O)[C@@]2(CC(=O)Nc3c2c(C)nn3-c2ncnc3nc[nH]c23)c2ccccc21. The first kappa shape index (κ1) is 24.6. The Bertz CT molecular complexity index is 1900. The van der Waals surface area contributed by atoms with E-state index in [1.165, 1.54) is 22.2 Å². The van der Waals surface area contributed by atoms with Crippen LogP contribution in [0.15, 0.2) is 55.1 Å². The minimum Gasteiger partial charge on any atom is -0.340 e. The number of para-hydroxylation sites is 2. The summed E-state index contributed by atoms with van der Waals surface area (Å²) >= 11 is 0. The van der Waals surface area contributed by atoms with Gasteiger partial charge in [-0.05, 0) is 43.5 Å². The van der Waals surface area contributed by atoms with E-state index >= 15 is 0 Å². The van der Waals surface area contributed by atoms with Gasteiger partial charge in [0, 0.05) is 23.4 Å². The van der Waals surface area contributed by atoms with Crippen LogP contribution in [0.1, 0.15) is 34.4 Å². The third-order valence-corrected chi connectivity index (χ3v) is 7.89. The first-order valence-electron chi connectivity index (χ1n) is 13.1. The maximum absolute atomic E-state index is 14.5. The molecule has 0 saturated heterocycles. The molecule has 0 saturated carbocycles. The number of amides is 3. The van der Waals surface area contributed by atoms with Crippen molar-refractivity contribution in [3.8, 4) is 5.82 Å². The number of nitrogens with one attached hydrogen (secondary N) is 3. The number of aromatic amines is 1. The Kier molecular flexibility index (Phi) is 5.29. The third kappa shape index (κ3) is 3.50. The Morgan fingerprint density at radius 3 is 2.61 bits per heavy atom. The highest BCUT2D eigenvalue weighted by molar-refractivity contribution is 6.18. The van der Waals surface area contributed by atoms with Gasteiger partial charge < -0.3 is 20.5 Å². The topological polar surface area (TPSA) is 151 Å². The molecule has 3 aromatic heterocycles. The summed E-state index contributed by atoms with van der Waals surface area (Å²) in [5.74, 6) is -0.309. The van der Waals surface area contributed by atoms with Crippen molar-refractivity contribution in [3.63, 3.8) is 0 Å². The lowest BCUT2D eigenvalue weighted by Crippen LogP contribution is -2.48. The summed E-state index contributed by atoms with van der Waals surface area (Å²) in [7, 11) is 0. The van der Waals surface area contributed by atoms with Crippen LogP contribution in [0.4, 0.5) is 17.2 Å². The monoisotopic (exact) mass is 547 g/mol. The number of carbonyl (C=O) groups excluding carboxylic acids is 3. The van der Waals surface area contributed by atoms with Crippen LogP contribution in [0, 0.1) is 20.8 Å². The summed E-state index contributed by atoms with van der Waals surface area (Å²) < 4.78 is 1.51. The average Bonchev–Trinajstić information content (AvgIpc) is 3.62. The highest BCUT2D eigenvalue weighted by atomic mass is 16.2. The molecule has 3 N–H and O–H groups in total. The van der Waals surface area contributed by atoms with Crippen molar-refractivity contribution in [1.29, 1.82) is 0 Å². The Morgan fingerprint density at radius 1 is 1.02 bits per heavy atom. The summed E-state index contributed by atoms with van der Waals surface area (Å²) in [6, 6.07) is 13.1. The highest BCUT2D eigenvalue weighted by Gasteiger charge is 2.58. The number of imidazole rings is 1. The van der Waals surface area contributed by atoms with Crippen LogP contribution < -0.4 is 15.5 Å². The van der Waals surface area contributed by atoms with Crippen LogP contribution in [-0.2, 0) is 19.8 Å². The van der Waals surface area contributed by atoms with Crippen LogP contribution in [0.2, 0.25) is 0 Å². The molecule has 0 unspecified atom stereocenters. The predicted molar refractivity (Wildman–Crippen MR) is 151 cm³/mol.